The fourth-order valence-electron chi connectivity index (χ4n) is 3.10. The SMILES string of the molecule is CCCCCCC(C)(CCCC)c1cn(C)nc1C. The Morgan fingerprint density at radius 1 is 1.05 bits per heavy atom. The average Bonchev–Trinajstić information content (AvgIpc) is 2.72. The van der Waals surface area contributed by atoms with Gasteiger partial charge in [0, 0.05) is 13.2 Å². The van der Waals surface area contributed by atoms with Gasteiger partial charge in [0.05, 0.1) is 5.69 Å². The van der Waals surface area contributed by atoms with Crippen molar-refractivity contribution < 1.29 is 0 Å². The van der Waals surface area contributed by atoms with Crippen molar-refractivity contribution in [1.82, 2.24) is 9.78 Å². The molecular formula is C17H32N2. The van der Waals surface area contributed by atoms with Crippen LogP contribution in [0, 0.1) is 6.92 Å². The number of hydrogen-bond acceptors (Lipinski definition) is 1. The van der Waals surface area contributed by atoms with Gasteiger partial charge in [-0.2, -0.15) is 5.10 Å². The molecule has 0 aromatic carbocycles. The van der Waals surface area contributed by atoms with Gasteiger partial charge in [-0.3, -0.25) is 4.68 Å². The van der Waals surface area contributed by atoms with Crippen LogP contribution in [0.2, 0.25) is 0 Å². The average molecular weight is 264 g/mol. The summed E-state index contributed by atoms with van der Waals surface area (Å²) in [7, 11) is 2.04. The maximum Gasteiger partial charge on any atom is 0.0631 e. The summed E-state index contributed by atoms with van der Waals surface area (Å²) >= 11 is 0. The monoisotopic (exact) mass is 264 g/mol. The Bertz CT molecular complexity index is 367. The summed E-state index contributed by atoms with van der Waals surface area (Å²) in [6, 6.07) is 0. The van der Waals surface area contributed by atoms with Gasteiger partial charge in [0.1, 0.15) is 0 Å². The molecule has 0 saturated heterocycles. The van der Waals surface area contributed by atoms with Crippen LogP contribution in [0.4, 0.5) is 0 Å². The molecule has 0 aliphatic carbocycles. The summed E-state index contributed by atoms with van der Waals surface area (Å²) in [5, 5.41) is 4.55. The highest BCUT2D eigenvalue weighted by molar-refractivity contribution is 5.25. The predicted molar refractivity (Wildman–Crippen MR) is 83.6 cm³/mol. The van der Waals surface area contributed by atoms with Crippen molar-refractivity contribution in [3.63, 3.8) is 0 Å². The second kappa shape index (κ2) is 7.72. The number of rotatable bonds is 9. The Labute approximate surface area is 119 Å². The molecule has 0 spiro atoms. The summed E-state index contributed by atoms with van der Waals surface area (Å²) in [6.45, 7) is 9.17. The molecule has 1 atom stereocenters. The van der Waals surface area contributed by atoms with Gasteiger partial charge in [-0.25, -0.2) is 0 Å². The molecule has 1 rings (SSSR count). The van der Waals surface area contributed by atoms with Gasteiger partial charge < -0.3 is 0 Å². The minimum Gasteiger partial charge on any atom is -0.275 e. The van der Waals surface area contributed by atoms with E-state index in [9.17, 15) is 0 Å². The van der Waals surface area contributed by atoms with Gasteiger partial charge in [-0.1, -0.05) is 59.3 Å². The number of unbranched alkanes of at least 4 members (excludes halogenated alkanes) is 4. The summed E-state index contributed by atoms with van der Waals surface area (Å²) in [5.41, 5.74) is 3.01. The first-order chi connectivity index (χ1) is 9.03. The third kappa shape index (κ3) is 4.67. The fraction of sp³-hybridized carbons (Fsp3) is 0.824. The second-order valence-electron chi connectivity index (χ2n) is 6.28. The topological polar surface area (TPSA) is 17.8 Å². The van der Waals surface area contributed by atoms with Gasteiger partial charge in [0.2, 0.25) is 0 Å². The van der Waals surface area contributed by atoms with E-state index >= 15 is 0 Å². The van der Waals surface area contributed by atoms with E-state index in [1.807, 2.05) is 11.7 Å². The maximum absolute atomic E-state index is 4.55. The van der Waals surface area contributed by atoms with Crippen LogP contribution in [0.5, 0.6) is 0 Å². The van der Waals surface area contributed by atoms with Crippen molar-refractivity contribution >= 4 is 0 Å². The third-order valence-corrected chi connectivity index (χ3v) is 4.33. The van der Waals surface area contributed by atoms with Crippen molar-refractivity contribution in [2.75, 3.05) is 0 Å². The highest BCUT2D eigenvalue weighted by Gasteiger charge is 2.28. The molecule has 0 aliphatic rings. The van der Waals surface area contributed by atoms with E-state index in [1.54, 1.807) is 0 Å². The fourth-order valence-corrected chi connectivity index (χ4v) is 3.10. The van der Waals surface area contributed by atoms with Crippen LogP contribution in [0.1, 0.15) is 83.4 Å². The van der Waals surface area contributed by atoms with Gasteiger partial charge in [-0.15, -0.1) is 0 Å². The molecule has 2 nitrogen and oxygen atoms in total. The molecule has 0 radical (unpaired) electrons. The molecule has 0 bridgehead atoms. The Kier molecular flexibility index (Phi) is 6.60. The molecule has 0 aliphatic heterocycles. The number of aryl methyl sites for hydroxylation is 2. The first kappa shape index (κ1) is 16.3. The molecule has 0 N–H and O–H groups in total. The van der Waals surface area contributed by atoms with Crippen molar-refractivity contribution in [2.24, 2.45) is 7.05 Å². The summed E-state index contributed by atoms with van der Waals surface area (Å²) in [4.78, 5) is 0. The van der Waals surface area contributed by atoms with Gasteiger partial charge in [0.25, 0.3) is 0 Å². The van der Waals surface area contributed by atoms with E-state index in [-0.39, 0.29) is 0 Å². The van der Waals surface area contributed by atoms with Crippen LogP contribution in [0.3, 0.4) is 0 Å². The first-order valence-corrected chi connectivity index (χ1v) is 8.04. The number of hydrogen-bond donors (Lipinski definition) is 0. The van der Waals surface area contributed by atoms with Crippen LogP contribution in [0.15, 0.2) is 6.20 Å². The summed E-state index contributed by atoms with van der Waals surface area (Å²) < 4.78 is 1.97. The second-order valence-corrected chi connectivity index (χ2v) is 6.28. The Morgan fingerprint density at radius 2 is 1.68 bits per heavy atom. The lowest BCUT2D eigenvalue weighted by atomic mass is 9.74. The van der Waals surface area contributed by atoms with Crippen LogP contribution >= 0.6 is 0 Å². The smallest absolute Gasteiger partial charge is 0.0631 e. The largest absolute Gasteiger partial charge is 0.275 e. The zero-order valence-electron chi connectivity index (χ0n) is 13.6. The number of aromatic nitrogens is 2. The summed E-state index contributed by atoms with van der Waals surface area (Å²) in [6.07, 6.45) is 12.8. The third-order valence-electron chi connectivity index (χ3n) is 4.33. The zero-order valence-corrected chi connectivity index (χ0v) is 13.6. The van der Waals surface area contributed by atoms with Gasteiger partial charge >= 0.3 is 0 Å². The highest BCUT2D eigenvalue weighted by atomic mass is 15.2. The quantitative estimate of drug-likeness (QED) is 0.564. The molecule has 0 fully saturated rings. The minimum absolute atomic E-state index is 0.322. The lowest BCUT2D eigenvalue weighted by molar-refractivity contribution is 0.367. The number of nitrogens with zero attached hydrogens (tertiary/aromatic N) is 2. The molecule has 2 heteroatoms. The lowest BCUT2D eigenvalue weighted by Gasteiger charge is -2.30. The molecule has 0 saturated carbocycles. The molecular weight excluding hydrogens is 232 g/mol. The van der Waals surface area contributed by atoms with Crippen molar-refractivity contribution in [2.45, 2.75) is 84.5 Å². The highest BCUT2D eigenvalue weighted by Crippen LogP contribution is 2.36. The first-order valence-electron chi connectivity index (χ1n) is 8.04. The van der Waals surface area contributed by atoms with Crippen molar-refractivity contribution in [3.8, 4) is 0 Å². The standard InChI is InChI=1S/C17H32N2/c1-6-8-10-11-13-17(4,12-9-7-2)16-14-19(5)18-15(16)3/h14H,6-13H2,1-5H3. The molecule has 1 aromatic rings. The van der Waals surface area contributed by atoms with Crippen LogP contribution < -0.4 is 0 Å². The van der Waals surface area contributed by atoms with Gasteiger partial charge in [0.15, 0.2) is 0 Å². The normalized spacial score (nSPS) is 14.6. The lowest BCUT2D eigenvalue weighted by Crippen LogP contribution is -2.22. The van der Waals surface area contributed by atoms with E-state index in [2.05, 4.69) is 39.0 Å². The van der Waals surface area contributed by atoms with Crippen molar-refractivity contribution in [1.29, 1.82) is 0 Å². The van der Waals surface area contributed by atoms with Crippen LogP contribution in [0.25, 0.3) is 0 Å². The van der Waals surface area contributed by atoms with E-state index in [1.165, 1.54) is 62.6 Å². The molecule has 1 unspecified atom stereocenters. The molecule has 1 heterocycles. The molecule has 1 aromatic heterocycles. The maximum atomic E-state index is 4.55. The molecule has 0 amide bonds. The van der Waals surface area contributed by atoms with Crippen LogP contribution in [-0.4, -0.2) is 9.78 Å². The van der Waals surface area contributed by atoms with E-state index in [0.29, 0.717) is 5.41 Å². The Morgan fingerprint density at radius 3 is 2.21 bits per heavy atom. The molecule has 19 heavy (non-hydrogen) atoms. The predicted octanol–water partition coefficient (Wildman–Crippen LogP) is 5.15. The Hall–Kier alpha value is -0.790. The van der Waals surface area contributed by atoms with E-state index in [4.69, 9.17) is 0 Å². The van der Waals surface area contributed by atoms with E-state index in [0.717, 1.165) is 0 Å². The van der Waals surface area contributed by atoms with Crippen LogP contribution in [-0.2, 0) is 12.5 Å². The van der Waals surface area contributed by atoms with Gasteiger partial charge in [-0.05, 0) is 30.7 Å². The minimum atomic E-state index is 0.322. The summed E-state index contributed by atoms with van der Waals surface area (Å²) in [5.74, 6) is 0. The van der Waals surface area contributed by atoms with E-state index < -0.39 is 0 Å². The molecule has 110 valence electrons. The van der Waals surface area contributed by atoms with Crippen molar-refractivity contribution in [3.05, 3.63) is 17.5 Å². The zero-order chi connectivity index (χ0) is 14.3. The Balaban J connectivity index is 2.76.